The van der Waals surface area contributed by atoms with Crippen molar-refractivity contribution in [3.8, 4) is 0 Å². The van der Waals surface area contributed by atoms with Crippen LogP contribution in [0.1, 0.15) is 37.4 Å². The quantitative estimate of drug-likeness (QED) is 0.691. The zero-order chi connectivity index (χ0) is 14.7. The molecule has 1 unspecified atom stereocenters. The summed E-state index contributed by atoms with van der Waals surface area (Å²) in [5.74, 6) is 0. The third-order valence-corrected chi connectivity index (χ3v) is 4.90. The van der Waals surface area contributed by atoms with Crippen molar-refractivity contribution in [1.29, 1.82) is 0 Å². The molecule has 1 aromatic carbocycles. The average molecular weight is 298 g/mol. The maximum atomic E-state index is 3.54. The van der Waals surface area contributed by atoms with Gasteiger partial charge >= 0.3 is 0 Å². The van der Waals surface area contributed by atoms with E-state index in [1.165, 1.54) is 27.6 Å². The van der Waals surface area contributed by atoms with E-state index in [2.05, 4.69) is 71.8 Å². The Kier molecular flexibility index (Phi) is 4.42. The van der Waals surface area contributed by atoms with Crippen LogP contribution in [0.3, 0.4) is 0 Å². The molecule has 0 saturated carbocycles. The van der Waals surface area contributed by atoms with E-state index in [0.29, 0.717) is 6.04 Å². The maximum Gasteiger partial charge on any atom is 0.0484 e. The van der Waals surface area contributed by atoms with Crippen molar-refractivity contribution in [3.63, 3.8) is 0 Å². The monoisotopic (exact) mass is 298 g/mol. The number of thiophene rings is 1. The fourth-order valence-corrected chi connectivity index (χ4v) is 3.60. The molecule has 21 heavy (non-hydrogen) atoms. The summed E-state index contributed by atoms with van der Waals surface area (Å²) in [5, 5.41) is 7.20. The molecule has 110 valence electrons. The van der Waals surface area contributed by atoms with Crippen molar-refractivity contribution in [1.82, 2.24) is 9.88 Å². The molecule has 3 rings (SSSR count). The third-order valence-electron chi connectivity index (χ3n) is 3.89. The molecule has 0 radical (unpaired) electrons. The molecule has 0 fully saturated rings. The van der Waals surface area contributed by atoms with E-state index in [4.69, 9.17) is 0 Å². The molecule has 2 heterocycles. The van der Waals surface area contributed by atoms with E-state index in [0.717, 1.165) is 13.1 Å². The predicted octanol–water partition coefficient (Wildman–Crippen LogP) is 4.81. The number of nitrogens with one attached hydrogen (secondary N) is 1. The van der Waals surface area contributed by atoms with E-state index in [1.807, 2.05) is 11.3 Å². The Labute approximate surface area is 130 Å². The molecule has 2 nitrogen and oxygen atoms in total. The number of hydrogen-bond donors (Lipinski definition) is 1. The lowest BCUT2D eigenvalue weighted by molar-refractivity contribution is 0.569. The van der Waals surface area contributed by atoms with Gasteiger partial charge < -0.3 is 9.88 Å². The smallest absolute Gasteiger partial charge is 0.0484 e. The van der Waals surface area contributed by atoms with Crippen LogP contribution in [-0.2, 0) is 6.54 Å². The number of benzene rings is 1. The van der Waals surface area contributed by atoms with Gasteiger partial charge in [-0.25, -0.2) is 0 Å². The Morgan fingerprint density at radius 2 is 2.10 bits per heavy atom. The van der Waals surface area contributed by atoms with Crippen LogP contribution in [0.25, 0.3) is 10.1 Å². The second-order valence-electron chi connectivity index (χ2n) is 5.55. The number of rotatable bonds is 6. The lowest BCUT2D eigenvalue weighted by Crippen LogP contribution is -2.18. The molecule has 1 N–H and O–H groups in total. The SMILES string of the molecule is CCCNC(C)c1ccn(Cc2csc3ccccc23)c1. The Hall–Kier alpha value is -1.58. The first-order valence-electron chi connectivity index (χ1n) is 7.62. The van der Waals surface area contributed by atoms with Crippen molar-refractivity contribution in [2.75, 3.05) is 6.54 Å². The molecule has 0 spiro atoms. The van der Waals surface area contributed by atoms with Gasteiger partial charge in [0.05, 0.1) is 0 Å². The first kappa shape index (κ1) is 14.4. The van der Waals surface area contributed by atoms with Crippen molar-refractivity contribution in [2.45, 2.75) is 32.9 Å². The standard InChI is InChI=1S/C18H22N2S/c1-3-9-19-14(2)15-8-10-20(11-15)12-16-13-21-18-7-5-4-6-17(16)18/h4-8,10-11,13-14,19H,3,9,12H2,1-2H3. The molecule has 0 aliphatic heterocycles. The van der Waals surface area contributed by atoms with E-state index in [9.17, 15) is 0 Å². The highest BCUT2D eigenvalue weighted by molar-refractivity contribution is 7.17. The number of aromatic nitrogens is 1. The average Bonchev–Trinajstić information content (AvgIpc) is 3.13. The summed E-state index contributed by atoms with van der Waals surface area (Å²) in [6, 6.07) is 11.3. The van der Waals surface area contributed by atoms with Crippen LogP contribution in [0.5, 0.6) is 0 Å². The predicted molar refractivity (Wildman–Crippen MR) is 92.1 cm³/mol. The summed E-state index contributed by atoms with van der Waals surface area (Å²) in [5.41, 5.74) is 2.77. The first-order chi connectivity index (χ1) is 10.3. The van der Waals surface area contributed by atoms with Crippen LogP contribution in [0, 0.1) is 0 Å². The lowest BCUT2D eigenvalue weighted by Gasteiger charge is -2.11. The molecule has 0 bridgehead atoms. The van der Waals surface area contributed by atoms with Gasteiger partial charge in [0, 0.05) is 29.7 Å². The van der Waals surface area contributed by atoms with Crippen LogP contribution >= 0.6 is 11.3 Å². The largest absolute Gasteiger partial charge is 0.350 e. The van der Waals surface area contributed by atoms with E-state index in [-0.39, 0.29) is 0 Å². The van der Waals surface area contributed by atoms with E-state index >= 15 is 0 Å². The van der Waals surface area contributed by atoms with Gasteiger partial charge in [0.15, 0.2) is 0 Å². The van der Waals surface area contributed by atoms with E-state index in [1.54, 1.807) is 0 Å². The normalized spacial score (nSPS) is 12.9. The van der Waals surface area contributed by atoms with Gasteiger partial charge in [-0.3, -0.25) is 0 Å². The Balaban J connectivity index is 1.75. The second-order valence-corrected chi connectivity index (χ2v) is 6.46. The lowest BCUT2D eigenvalue weighted by atomic mass is 10.2. The topological polar surface area (TPSA) is 17.0 Å². The second kappa shape index (κ2) is 6.46. The summed E-state index contributed by atoms with van der Waals surface area (Å²) >= 11 is 1.83. The zero-order valence-electron chi connectivity index (χ0n) is 12.7. The molecular formula is C18H22N2S. The summed E-state index contributed by atoms with van der Waals surface area (Å²) in [7, 11) is 0. The van der Waals surface area contributed by atoms with Crippen LogP contribution in [0.2, 0.25) is 0 Å². The molecule has 0 amide bonds. The first-order valence-corrected chi connectivity index (χ1v) is 8.50. The Morgan fingerprint density at radius 1 is 1.24 bits per heavy atom. The third kappa shape index (κ3) is 3.20. The molecule has 3 heteroatoms. The Bertz CT molecular complexity index is 711. The highest BCUT2D eigenvalue weighted by Crippen LogP contribution is 2.26. The van der Waals surface area contributed by atoms with Gasteiger partial charge in [-0.2, -0.15) is 0 Å². The molecule has 2 aromatic heterocycles. The molecular weight excluding hydrogens is 276 g/mol. The van der Waals surface area contributed by atoms with E-state index < -0.39 is 0 Å². The summed E-state index contributed by atoms with van der Waals surface area (Å²) in [6.45, 7) is 6.45. The minimum Gasteiger partial charge on any atom is -0.350 e. The minimum absolute atomic E-state index is 0.422. The fraction of sp³-hybridized carbons (Fsp3) is 0.333. The van der Waals surface area contributed by atoms with Crippen molar-refractivity contribution in [2.24, 2.45) is 0 Å². The number of nitrogens with zero attached hydrogens (tertiary/aromatic N) is 1. The van der Waals surface area contributed by atoms with Crippen molar-refractivity contribution in [3.05, 3.63) is 59.2 Å². The summed E-state index contributed by atoms with van der Waals surface area (Å²) < 4.78 is 3.66. The van der Waals surface area contributed by atoms with Gasteiger partial charge in [-0.1, -0.05) is 25.1 Å². The number of hydrogen-bond acceptors (Lipinski definition) is 2. The molecule has 0 aliphatic carbocycles. The van der Waals surface area contributed by atoms with Crippen LogP contribution < -0.4 is 5.32 Å². The van der Waals surface area contributed by atoms with Gasteiger partial charge in [0.2, 0.25) is 0 Å². The zero-order valence-corrected chi connectivity index (χ0v) is 13.5. The highest BCUT2D eigenvalue weighted by atomic mass is 32.1. The van der Waals surface area contributed by atoms with Crippen LogP contribution in [0.4, 0.5) is 0 Å². The summed E-state index contributed by atoms with van der Waals surface area (Å²) in [6.07, 6.45) is 5.62. The molecule has 1 atom stereocenters. The van der Waals surface area contributed by atoms with Crippen LogP contribution in [-0.4, -0.2) is 11.1 Å². The van der Waals surface area contributed by atoms with Crippen molar-refractivity contribution >= 4 is 21.4 Å². The minimum atomic E-state index is 0.422. The number of fused-ring (bicyclic) bond motifs is 1. The molecule has 0 aliphatic rings. The molecule has 3 aromatic rings. The maximum absolute atomic E-state index is 3.54. The Morgan fingerprint density at radius 3 is 2.95 bits per heavy atom. The molecule has 0 saturated heterocycles. The van der Waals surface area contributed by atoms with Crippen molar-refractivity contribution < 1.29 is 0 Å². The van der Waals surface area contributed by atoms with Gasteiger partial charge in [0.25, 0.3) is 0 Å². The van der Waals surface area contributed by atoms with Crippen LogP contribution in [0.15, 0.2) is 48.1 Å². The van der Waals surface area contributed by atoms with Gasteiger partial charge in [0.1, 0.15) is 0 Å². The van der Waals surface area contributed by atoms with Gasteiger partial charge in [-0.15, -0.1) is 11.3 Å². The summed E-state index contributed by atoms with van der Waals surface area (Å²) in [4.78, 5) is 0. The highest BCUT2D eigenvalue weighted by Gasteiger charge is 2.08. The van der Waals surface area contributed by atoms with Gasteiger partial charge in [-0.05, 0) is 53.9 Å². The fourth-order valence-electron chi connectivity index (χ4n) is 2.64.